The summed E-state index contributed by atoms with van der Waals surface area (Å²) < 4.78 is 0. The summed E-state index contributed by atoms with van der Waals surface area (Å²) in [5, 5.41) is 9.36. The minimum absolute atomic E-state index is 0.290. The molecule has 2 fully saturated rings. The van der Waals surface area contributed by atoms with Crippen molar-refractivity contribution in [1.29, 1.82) is 0 Å². The van der Waals surface area contributed by atoms with Gasteiger partial charge in [0.1, 0.15) is 0 Å². The molecule has 2 aliphatic rings. The Morgan fingerprint density at radius 3 is 2.52 bits per heavy atom. The number of piperidine rings is 1. The van der Waals surface area contributed by atoms with Gasteiger partial charge in [-0.2, -0.15) is 0 Å². The maximum Gasteiger partial charge on any atom is 0.0446 e. The van der Waals surface area contributed by atoms with Crippen molar-refractivity contribution >= 4 is 5.69 Å². The van der Waals surface area contributed by atoms with Crippen LogP contribution in [0.15, 0.2) is 48.5 Å². The molecule has 0 aliphatic carbocycles. The average molecular weight is 394 g/mol. The molecule has 29 heavy (non-hydrogen) atoms. The highest BCUT2D eigenvalue weighted by molar-refractivity contribution is 5.71. The van der Waals surface area contributed by atoms with Crippen LogP contribution in [0.3, 0.4) is 0 Å². The van der Waals surface area contributed by atoms with Crippen molar-refractivity contribution in [2.45, 2.75) is 38.3 Å². The van der Waals surface area contributed by atoms with Crippen molar-refractivity contribution in [1.82, 2.24) is 9.80 Å². The molecule has 2 aromatic carbocycles. The second kappa shape index (κ2) is 9.29. The lowest BCUT2D eigenvalue weighted by molar-refractivity contribution is 0.0446. The third-order valence-electron chi connectivity index (χ3n) is 6.92. The highest BCUT2D eigenvalue weighted by Crippen LogP contribution is 2.29. The quantitative estimate of drug-likeness (QED) is 0.840. The lowest BCUT2D eigenvalue weighted by Gasteiger charge is -2.45. The van der Waals surface area contributed by atoms with Crippen LogP contribution in [0.4, 0.5) is 5.69 Å². The first-order valence-corrected chi connectivity index (χ1v) is 11.1. The van der Waals surface area contributed by atoms with Crippen LogP contribution in [0.25, 0.3) is 11.1 Å². The normalized spacial score (nSPS) is 22.2. The van der Waals surface area contributed by atoms with Gasteiger partial charge in [-0.15, -0.1) is 0 Å². The molecule has 4 nitrogen and oxygen atoms in total. The standard InChI is InChI=1S/C25H35N3O/c1-20-6-3-4-9-25(20)21-7-5-8-23(18-21)27-13-10-22(11-14-27)28-16-15-26(2)24(19-28)12-17-29/h3-9,18,22,24,29H,10-17,19H2,1-2H3/t24-/m0/s1. The molecule has 2 heterocycles. The van der Waals surface area contributed by atoms with Crippen LogP contribution in [-0.4, -0.2) is 73.4 Å². The minimum Gasteiger partial charge on any atom is -0.396 e. The summed E-state index contributed by atoms with van der Waals surface area (Å²) >= 11 is 0. The first-order chi connectivity index (χ1) is 14.2. The molecule has 1 atom stereocenters. The number of hydrogen-bond donors (Lipinski definition) is 1. The molecular formula is C25H35N3O. The second-order valence-electron chi connectivity index (χ2n) is 8.73. The Bertz CT molecular complexity index is 800. The van der Waals surface area contributed by atoms with E-state index >= 15 is 0 Å². The second-order valence-corrected chi connectivity index (χ2v) is 8.73. The molecule has 2 aromatic rings. The zero-order valence-corrected chi connectivity index (χ0v) is 17.9. The number of nitrogens with zero attached hydrogens (tertiary/aromatic N) is 3. The third-order valence-corrected chi connectivity index (χ3v) is 6.92. The van der Waals surface area contributed by atoms with Crippen molar-refractivity contribution in [2.24, 2.45) is 0 Å². The molecule has 0 bridgehead atoms. The monoisotopic (exact) mass is 393 g/mol. The number of hydrogen-bond acceptors (Lipinski definition) is 4. The van der Waals surface area contributed by atoms with Gasteiger partial charge in [0.05, 0.1) is 0 Å². The summed E-state index contributed by atoms with van der Waals surface area (Å²) in [5.41, 5.74) is 5.32. The number of rotatable bonds is 5. The van der Waals surface area contributed by atoms with Crippen molar-refractivity contribution in [3.05, 3.63) is 54.1 Å². The zero-order valence-electron chi connectivity index (χ0n) is 17.9. The SMILES string of the molecule is Cc1ccccc1-c1cccc(N2CCC(N3CCN(C)[C@@H](CCO)C3)CC2)c1. The summed E-state index contributed by atoms with van der Waals surface area (Å²) in [6.45, 7) is 8.10. The van der Waals surface area contributed by atoms with E-state index in [1.54, 1.807) is 0 Å². The molecule has 0 amide bonds. The molecular weight excluding hydrogens is 358 g/mol. The van der Waals surface area contributed by atoms with E-state index < -0.39 is 0 Å². The van der Waals surface area contributed by atoms with E-state index in [0.717, 1.165) is 39.1 Å². The molecule has 2 saturated heterocycles. The maximum atomic E-state index is 9.36. The highest BCUT2D eigenvalue weighted by atomic mass is 16.3. The zero-order chi connectivity index (χ0) is 20.2. The number of piperazine rings is 1. The summed E-state index contributed by atoms with van der Waals surface area (Å²) in [4.78, 5) is 7.65. The first kappa shape index (κ1) is 20.4. The van der Waals surface area contributed by atoms with Crippen LogP contribution in [0.5, 0.6) is 0 Å². The molecule has 156 valence electrons. The van der Waals surface area contributed by atoms with Gasteiger partial charge in [-0.05, 0) is 62.1 Å². The number of aryl methyl sites for hydroxylation is 1. The fraction of sp³-hybridized carbons (Fsp3) is 0.520. The molecule has 4 rings (SSSR count). The number of benzene rings is 2. The third kappa shape index (κ3) is 4.66. The van der Waals surface area contributed by atoms with Gasteiger partial charge in [0.2, 0.25) is 0 Å². The van der Waals surface area contributed by atoms with Gasteiger partial charge in [0.15, 0.2) is 0 Å². The molecule has 4 heteroatoms. The van der Waals surface area contributed by atoms with Gasteiger partial charge in [-0.1, -0.05) is 36.4 Å². The Morgan fingerprint density at radius 2 is 1.76 bits per heavy atom. The van der Waals surface area contributed by atoms with Crippen molar-refractivity contribution in [3.8, 4) is 11.1 Å². The van der Waals surface area contributed by atoms with E-state index in [0.29, 0.717) is 18.7 Å². The van der Waals surface area contributed by atoms with Gasteiger partial charge in [0.25, 0.3) is 0 Å². The van der Waals surface area contributed by atoms with Gasteiger partial charge < -0.3 is 14.9 Å². The average Bonchev–Trinajstić information content (AvgIpc) is 2.76. The van der Waals surface area contributed by atoms with Crippen LogP contribution in [0.2, 0.25) is 0 Å². The fourth-order valence-corrected chi connectivity index (χ4v) is 5.02. The highest BCUT2D eigenvalue weighted by Gasteiger charge is 2.30. The van der Waals surface area contributed by atoms with E-state index in [-0.39, 0.29) is 0 Å². The lowest BCUT2D eigenvalue weighted by Crippen LogP contribution is -2.56. The molecule has 0 spiro atoms. The first-order valence-electron chi connectivity index (χ1n) is 11.1. The summed E-state index contributed by atoms with van der Waals surface area (Å²) in [6, 6.07) is 18.9. The Morgan fingerprint density at radius 1 is 0.966 bits per heavy atom. The van der Waals surface area contributed by atoms with Gasteiger partial charge in [-0.3, -0.25) is 4.90 Å². The molecule has 0 aromatic heterocycles. The van der Waals surface area contributed by atoms with Crippen molar-refractivity contribution < 1.29 is 5.11 Å². The molecule has 0 unspecified atom stereocenters. The number of likely N-dealkylation sites (N-methyl/N-ethyl adjacent to an activating group) is 1. The fourth-order valence-electron chi connectivity index (χ4n) is 5.02. The van der Waals surface area contributed by atoms with Crippen LogP contribution in [0.1, 0.15) is 24.8 Å². The predicted molar refractivity (Wildman–Crippen MR) is 122 cm³/mol. The molecule has 1 N–H and O–H groups in total. The van der Waals surface area contributed by atoms with Crippen LogP contribution >= 0.6 is 0 Å². The van der Waals surface area contributed by atoms with E-state index in [4.69, 9.17) is 0 Å². The largest absolute Gasteiger partial charge is 0.396 e. The van der Waals surface area contributed by atoms with Gasteiger partial charge >= 0.3 is 0 Å². The Hall–Kier alpha value is -1.88. The molecule has 0 saturated carbocycles. The van der Waals surface area contributed by atoms with Gasteiger partial charge in [-0.25, -0.2) is 0 Å². The molecule has 2 aliphatic heterocycles. The van der Waals surface area contributed by atoms with Crippen molar-refractivity contribution in [2.75, 3.05) is 51.3 Å². The Kier molecular flexibility index (Phi) is 6.53. The van der Waals surface area contributed by atoms with E-state index in [1.807, 2.05) is 0 Å². The lowest BCUT2D eigenvalue weighted by atomic mass is 9.97. The Balaban J connectivity index is 1.39. The van der Waals surface area contributed by atoms with Crippen molar-refractivity contribution in [3.63, 3.8) is 0 Å². The van der Waals surface area contributed by atoms with E-state index in [9.17, 15) is 5.11 Å². The number of aliphatic hydroxyl groups is 1. The van der Waals surface area contributed by atoms with E-state index in [2.05, 4.69) is 77.2 Å². The van der Waals surface area contributed by atoms with Gasteiger partial charge in [0, 0.05) is 57.1 Å². The maximum absolute atomic E-state index is 9.36. The van der Waals surface area contributed by atoms with E-state index in [1.165, 1.54) is 35.2 Å². The number of anilines is 1. The Labute approximate surface area is 175 Å². The topological polar surface area (TPSA) is 30.0 Å². The summed E-state index contributed by atoms with van der Waals surface area (Å²) in [6.07, 6.45) is 3.34. The predicted octanol–water partition coefficient (Wildman–Crippen LogP) is 3.63. The van der Waals surface area contributed by atoms with Crippen LogP contribution in [-0.2, 0) is 0 Å². The minimum atomic E-state index is 0.290. The summed E-state index contributed by atoms with van der Waals surface area (Å²) in [5.74, 6) is 0. The van der Waals surface area contributed by atoms with Crippen LogP contribution in [0, 0.1) is 6.92 Å². The summed E-state index contributed by atoms with van der Waals surface area (Å²) in [7, 11) is 2.20. The smallest absolute Gasteiger partial charge is 0.0446 e. The van der Waals surface area contributed by atoms with Crippen LogP contribution < -0.4 is 4.90 Å². The number of aliphatic hydroxyl groups excluding tert-OH is 1. The molecule has 0 radical (unpaired) electrons.